The second kappa shape index (κ2) is 10.6. The monoisotopic (exact) mass is 526 g/mol. The molecule has 4 rings (SSSR count). The Bertz CT molecular complexity index is 1510. The van der Waals surface area contributed by atoms with E-state index in [1.165, 1.54) is 41.3 Å². The van der Waals surface area contributed by atoms with Gasteiger partial charge in [0.15, 0.2) is 16.3 Å². The Morgan fingerprint density at radius 2 is 2.00 bits per heavy atom. The molecule has 0 N–H and O–H groups in total. The third-order valence-corrected chi connectivity index (χ3v) is 7.17. The Kier molecular flexibility index (Phi) is 7.56. The fourth-order valence-corrected chi connectivity index (χ4v) is 5.58. The first-order chi connectivity index (χ1) is 17.2. The second-order valence-electron chi connectivity index (χ2n) is 8.59. The van der Waals surface area contributed by atoms with Gasteiger partial charge in [0.1, 0.15) is 0 Å². The molecule has 0 amide bonds. The van der Waals surface area contributed by atoms with Crippen LogP contribution in [-0.4, -0.2) is 30.2 Å². The third-order valence-electron chi connectivity index (χ3n) is 5.36. The van der Waals surface area contributed by atoms with Crippen molar-refractivity contribution in [3.63, 3.8) is 0 Å². The van der Waals surface area contributed by atoms with Gasteiger partial charge in [0.05, 0.1) is 35.6 Å². The van der Waals surface area contributed by atoms with E-state index in [1.54, 1.807) is 25.1 Å². The zero-order chi connectivity index (χ0) is 26.0. The van der Waals surface area contributed by atoms with Crippen LogP contribution in [0.3, 0.4) is 0 Å². The lowest BCUT2D eigenvalue weighted by atomic mass is 9.95. The van der Waals surface area contributed by atoms with Crippen molar-refractivity contribution < 1.29 is 23.8 Å². The summed E-state index contributed by atoms with van der Waals surface area (Å²) in [6.45, 7) is 7.17. The van der Waals surface area contributed by atoms with Crippen molar-refractivity contribution in [3.05, 3.63) is 77.1 Å². The highest BCUT2D eigenvalue weighted by atomic mass is 32.1. The average Bonchev–Trinajstić information content (AvgIpc) is 3.44. The van der Waals surface area contributed by atoms with Crippen LogP contribution in [0.15, 0.2) is 56.8 Å². The highest BCUT2D eigenvalue weighted by Gasteiger charge is 2.34. The minimum absolute atomic E-state index is 0.142. The van der Waals surface area contributed by atoms with Gasteiger partial charge >= 0.3 is 11.9 Å². The minimum atomic E-state index is -0.799. The maximum atomic E-state index is 13.6. The Morgan fingerprint density at radius 1 is 1.22 bits per heavy atom. The number of allylic oxidation sites excluding steroid dienone is 1. The molecule has 3 heterocycles. The van der Waals surface area contributed by atoms with Gasteiger partial charge in [-0.1, -0.05) is 37.3 Å². The summed E-state index contributed by atoms with van der Waals surface area (Å²) in [6, 6.07) is 8.00. The van der Waals surface area contributed by atoms with E-state index in [-0.39, 0.29) is 29.4 Å². The van der Waals surface area contributed by atoms with Crippen LogP contribution >= 0.6 is 22.7 Å². The number of carbonyl (C=O) groups excluding carboxylic acids is 2. The molecule has 188 valence electrons. The molecule has 8 nitrogen and oxygen atoms in total. The summed E-state index contributed by atoms with van der Waals surface area (Å²) in [5.74, 6) is -0.346. The fraction of sp³-hybridized carbons (Fsp3) is 0.308. The molecule has 1 unspecified atom stereocenters. The van der Waals surface area contributed by atoms with E-state index in [1.807, 2.05) is 37.4 Å². The molecular formula is C26H26N2O6S2. The summed E-state index contributed by atoms with van der Waals surface area (Å²) in [5, 5.41) is 1.94. The van der Waals surface area contributed by atoms with Crippen molar-refractivity contribution in [3.8, 4) is 11.5 Å². The molecule has 0 spiro atoms. The lowest BCUT2D eigenvalue weighted by molar-refractivity contribution is -0.140. The van der Waals surface area contributed by atoms with Gasteiger partial charge in [-0.2, -0.15) is 0 Å². The molecule has 1 aliphatic rings. The summed E-state index contributed by atoms with van der Waals surface area (Å²) >= 11 is 2.79. The van der Waals surface area contributed by atoms with Crippen LogP contribution in [0.5, 0.6) is 11.5 Å². The van der Waals surface area contributed by atoms with E-state index in [0.717, 1.165) is 4.88 Å². The number of hydrogen-bond acceptors (Lipinski definition) is 9. The largest absolute Gasteiger partial charge is 0.493 e. The number of carbonyl (C=O) groups is 2. The van der Waals surface area contributed by atoms with Crippen LogP contribution in [0.2, 0.25) is 0 Å². The zero-order valence-electron chi connectivity index (χ0n) is 20.6. The summed E-state index contributed by atoms with van der Waals surface area (Å²) in [5.41, 5.74) is 1.08. The van der Waals surface area contributed by atoms with Gasteiger partial charge in [-0.05, 0) is 48.1 Å². The van der Waals surface area contributed by atoms with Gasteiger partial charge < -0.3 is 14.2 Å². The van der Waals surface area contributed by atoms with E-state index in [9.17, 15) is 14.4 Å². The fourth-order valence-electron chi connectivity index (χ4n) is 3.81. The topological polar surface area (TPSA) is 96.2 Å². The molecule has 0 saturated carbocycles. The quantitative estimate of drug-likeness (QED) is 0.346. The van der Waals surface area contributed by atoms with Gasteiger partial charge in [0.25, 0.3) is 5.56 Å². The molecule has 3 aromatic rings. The molecule has 0 radical (unpaired) electrons. The molecule has 36 heavy (non-hydrogen) atoms. The van der Waals surface area contributed by atoms with Crippen LogP contribution in [0, 0.1) is 5.92 Å². The smallest absolute Gasteiger partial charge is 0.338 e. The summed E-state index contributed by atoms with van der Waals surface area (Å²) in [6.07, 6.45) is 1.83. The molecule has 0 bridgehead atoms. The SMILES string of the molecule is COc1cc(C2C(C(=O)OCC(C)C)=C(C)N=c3s/c(=C\c4cccs4)c(=O)n32)ccc1OC(C)=O. The van der Waals surface area contributed by atoms with Crippen LogP contribution < -0.4 is 24.4 Å². The van der Waals surface area contributed by atoms with Crippen LogP contribution in [0.1, 0.15) is 44.2 Å². The molecule has 1 aliphatic heterocycles. The molecule has 1 aromatic carbocycles. The van der Waals surface area contributed by atoms with E-state index in [2.05, 4.69) is 4.99 Å². The predicted octanol–water partition coefficient (Wildman–Crippen LogP) is 3.43. The number of aromatic nitrogens is 1. The van der Waals surface area contributed by atoms with Crippen molar-refractivity contribution >= 4 is 40.7 Å². The lowest BCUT2D eigenvalue weighted by Crippen LogP contribution is -2.40. The van der Waals surface area contributed by atoms with Gasteiger partial charge in [-0.3, -0.25) is 14.2 Å². The van der Waals surface area contributed by atoms with Crippen molar-refractivity contribution in [2.75, 3.05) is 13.7 Å². The lowest BCUT2D eigenvalue weighted by Gasteiger charge is -2.25. The number of hydrogen-bond donors (Lipinski definition) is 0. The van der Waals surface area contributed by atoms with Crippen LogP contribution in [0.25, 0.3) is 6.08 Å². The maximum Gasteiger partial charge on any atom is 0.338 e. The minimum Gasteiger partial charge on any atom is -0.493 e. The van der Waals surface area contributed by atoms with Crippen molar-refractivity contribution in [2.24, 2.45) is 10.9 Å². The van der Waals surface area contributed by atoms with Crippen LogP contribution in [-0.2, 0) is 14.3 Å². The first-order valence-corrected chi connectivity index (χ1v) is 13.0. The number of methoxy groups -OCH3 is 1. The number of nitrogens with zero attached hydrogens (tertiary/aromatic N) is 2. The first kappa shape index (κ1) is 25.6. The average molecular weight is 527 g/mol. The predicted molar refractivity (Wildman–Crippen MR) is 138 cm³/mol. The molecule has 0 aliphatic carbocycles. The summed E-state index contributed by atoms with van der Waals surface area (Å²) < 4.78 is 18.3. The Morgan fingerprint density at radius 3 is 2.64 bits per heavy atom. The summed E-state index contributed by atoms with van der Waals surface area (Å²) in [7, 11) is 1.46. The number of rotatable bonds is 7. The normalized spacial score (nSPS) is 15.5. The molecular weight excluding hydrogens is 500 g/mol. The van der Waals surface area contributed by atoms with E-state index in [4.69, 9.17) is 14.2 Å². The standard InChI is InChI=1S/C26H26N2O6S2/c1-14(2)13-33-25(31)22-15(3)27-26-28(24(30)21(36-26)12-18-7-6-10-35-18)23(22)17-8-9-19(34-16(4)29)20(11-17)32-5/h6-12,14,23H,13H2,1-5H3/b21-12-. The number of thiazole rings is 1. The number of thiophene rings is 1. The van der Waals surface area contributed by atoms with Crippen molar-refractivity contribution in [1.82, 2.24) is 4.57 Å². The highest BCUT2D eigenvalue weighted by Crippen LogP contribution is 2.36. The number of ether oxygens (including phenoxy) is 3. The molecule has 10 heteroatoms. The van der Waals surface area contributed by atoms with Crippen LogP contribution in [0.4, 0.5) is 0 Å². The first-order valence-electron chi connectivity index (χ1n) is 11.3. The zero-order valence-corrected chi connectivity index (χ0v) is 22.2. The van der Waals surface area contributed by atoms with Gasteiger partial charge in [-0.25, -0.2) is 9.79 Å². The van der Waals surface area contributed by atoms with Crippen molar-refractivity contribution in [1.29, 1.82) is 0 Å². The number of esters is 2. The van der Waals surface area contributed by atoms with E-state index < -0.39 is 18.0 Å². The number of fused-ring (bicyclic) bond motifs is 1. The number of benzene rings is 1. The van der Waals surface area contributed by atoms with E-state index in [0.29, 0.717) is 26.3 Å². The highest BCUT2D eigenvalue weighted by molar-refractivity contribution is 7.11. The molecule has 1 atom stereocenters. The van der Waals surface area contributed by atoms with Gasteiger partial charge in [0.2, 0.25) is 0 Å². The summed E-state index contributed by atoms with van der Waals surface area (Å²) in [4.78, 5) is 44.5. The Balaban J connectivity index is 1.92. The van der Waals surface area contributed by atoms with Gasteiger partial charge in [-0.15, -0.1) is 11.3 Å². The van der Waals surface area contributed by atoms with Crippen molar-refractivity contribution in [2.45, 2.75) is 33.7 Å². The molecule has 2 aromatic heterocycles. The van der Waals surface area contributed by atoms with Gasteiger partial charge in [0, 0.05) is 11.8 Å². The molecule has 0 fully saturated rings. The molecule has 0 saturated heterocycles. The maximum absolute atomic E-state index is 13.6. The third kappa shape index (κ3) is 5.19. The Hall–Kier alpha value is -3.50. The second-order valence-corrected chi connectivity index (χ2v) is 10.6. The Labute approximate surface area is 215 Å². The van der Waals surface area contributed by atoms with E-state index >= 15 is 0 Å².